The molecule has 0 N–H and O–H groups in total. The van der Waals surface area contributed by atoms with Gasteiger partial charge in [0, 0.05) is 57.3 Å². The fourth-order valence-electron chi connectivity index (χ4n) is 6.03. The lowest BCUT2D eigenvalue weighted by Gasteiger charge is -2.26. The number of hydrogen-bond acceptors (Lipinski definition) is 5. The molecule has 0 atom stereocenters. The molecule has 42 heavy (non-hydrogen) atoms. The van der Waals surface area contributed by atoms with E-state index in [0.29, 0.717) is 0 Å². The number of anilines is 3. The van der Waals surface area contributed by atoms with E-state index in [-0.39, 0.29) is 0 Å². The predicted molar refractivity (Wildman–Crippen MR) is 186 cm³/mol. The van der Waals surface area contributed by atoms with E-state index in [0.717, 1.165) is 21.9 Å². The van der Waals surface area contributed by atoms with E-state index < -0.39 is 0 Å². The summed E-state index contributed by atoms with van der Waals surface area (Å²) in [6.07, 6.45) is 0. The maximum absolute atomic E-state index is 5.16. The molecule has 0 saturated heterocycles. The molecule has 9 rings (SSSR count). The molecule has 198 valence electrons. The maximum Gasteiger partial charge on any atom is 0.124 e. The van der Waals surface area contributed by atoms with E-state index in [1.54, 1.807) is 11.3 Å². The van der Waals surface area contributed by atoms with E-state index in [9.17, 15) is 0 Å². The Hall–Kier alpha value is -4.55. The zero-order valence-corrected chi connectivity index (χ0v) is 24.8. The minimum atomic E-state index is 1.07. The van der Waals surface area contributed by atoms with Crippen LogP contribution >= 0.6 is 34.0 Å². The minimum Gasteiger partial charge on any atom is -0.310 e. The van der Waals surface area contributed by atoms with Crippen LogP contribution in [0.2, 0.25) is 0 Å². The van der Waals surface area contributed by atoms with Crippen molar-refractivity contribution in [2.45, 2.75) is 0 Å². The van der Waals surface area contributed by atoms with Gasteiger partial charge < -0.3 is 4.90 Å². The molecule has 2 nitrogen and oxygen atoms in total. The van der Waals surface area contributed by atoms with Gasteiger partial charge in [-0.05, 0) is 54.6 Å². The summed E-state index contributed by atoms with van der Waals surface area (Å²) in [5.74, 6) is 0. The van der Waals surface area contributed by atoms with Crippen molar-refractivity contribution in [2.75, 3.05) is 4.90 Å². The van der Waals surface area contributed by atoms with Gasteiger partial charge >= 0.3 is 0 Å². The molecule has 0 bridgehead atoms. The zero-order chi connectivity index (χ0) is 27.6. The molecule has 0 aliphatic carbocycles. The lowest BCUT2D eigenvalue weighted by Crippen LogP contribution is -2.10. The number of rotatable bonds is 4. The molecule has 0 radical (unpaired) electrons. The van der Waals surface area contributed by atoms with Gasteiger partial charge in [0.1, 0.15) is 5.01 Å². The number of benzene rings is 6. The van der Waals surface area contributed by atoms with Crippen LogP contribution in [-0.4, -0.2) is 4.98 Å². The predicted octanol–water partition coefficient (Wildman–Crippen LogP) is 12.2. The third-order valence-corrected chi connectivity index (χ3v) is 11.2. The Bertz CT molecular complexity index is 2420. The van der Waals surface area contributed by atoms with Crippen molar-refractivity contribution < 1.29 is 0 Å². The van der Waals surface area contributed by atoms with Gasteiger partial charge in [-0.2, -0.15) is 0 Å². The lowest BCUT2D eigenvalue weighted by atomic mass is 10.1. The summed E-state index contributed by atoms with van der Waals surface area (Å²) in [6, 6.07) is 48.1. The molecule has 0 spiro atoms. The van der Waals surface area contributed by atoms with Crippen LogP contribution in [0.5, 0.6) is 0 Å². The quantitative estimate of drug-likeness (QED) is 0.203. The van der Waals surface area contributed by atoms with Crippen molar-refractivity contribution >= 4 is 102 Å². The molecule has 0 amide bonds. The largest absolute Gasteiger partial charge is 0.310 e. The Morgan fingerprint density at radius 2 is 1.14 bits per heavy atom. The number of thiazole rings is 1. The Morgan fingerprint density at radius 1 is 0.452 bits per heavy atom. The fourth-order valence-corrected chi connectivity index (χ4v) is 9.28. The van der Waals surface area contributed by atoms with E-state index >= 15 is 0 Å². The summed E-state index contributed by atoms with van der Waals surface area (Å²) in [7, 11) is 0. The van der Waals surface area contributed by atoms with Crippen molar-refractivity contribution in [3.05, 3.63) is 133 Å². The third kappa shape index (κ3) is 3.71. The second-order valence-corrected chi connectivity index (χ2v) is 13.6. The average molecular weight is 591 g/mol. The van der Waals surface area contributed by atoms with E-state index in [2.05, 4.69) is 138 Å². The highest BCUT2D eigenvalue weighted by atomic mass is 32.1. The Labute approximate surface area is 254 Å². The molecule has 0 aliphatic rings. The van der Waals surface area contributed by atoms with Gasteiger partial charge in [-0.15, -0.1) is 34.0 Å². The van der Waals surface area contributed by atoms with Crippen LogP contribution in [0.15, 0.2) is 133 Å². The van der Waals surface area contributed by atoms with Crippen molar-refractivity contribution in [3.8, 4) is 10.6 Å². The number of para-hydroxylation sites is 1. The SMILES string of the molecule is c1ccc(-c2nc3c(ccc4sc5cc(N(c6ccccc6)c6cccc7sc8ccccc8c67)ccc5c43)s2)cc1. The molecule has 0 saturated carbocycles. The smallest absolute Gasteiger partial charge is 0.124 e. The summed E-state index contributed by atoms with van der Waals surface area (Å²) in [5.41, 5.74) is 5.77. The van der Waals surface area contributed by atoms with Crippen LogP contribution in [0.1, 0.15) is 0 Å². The van der Waals surface area contributed by atoms with Crippen LogP contribution in [0.3, 0.4) is 0 Å². The van der Waals surface area contributed by atoms with Crippen molar-refractivity contribution in [1.82, 2.24) is 4.98 Å². The van der Waals surface area contributed by atoms with Gasteiger partial charge in [0.25, 0.3) is 0 Å². The van der Waals surface area contributed by atoms with Gasteiger partial charge in [0.05, 0.1) is 15.9 Å². The van der Waals surface area contributed by atoms with Crippen LogP contribution in [-0.2, 0) is 0 Å². The number of hydrogen-bond donors (Lipinski definition) is 0. The van der Waals surface area contributed by atoms with Crippen LogP contribution in [0.25, 0.3) is 61.1 Å². The number of thiophene rings is 2. The molecule has 5 heteroatoms. The number of nitrogens with zero attached hydrogens (tertiary/aromatic N) is 2. The summed E-state index contributed by atoms with van der Waals surface area (Å²) in [6.45, 7) is 0. The summed E-state index contributed by atoms with van der Waals surface area (Å²) < 4.78 is 6.39. The number of aromatic nitrogens is 1. The number of fused-ring (bicyclic) bond motifs is 8. The first-order valence-corrected chi connectivity index (χ1v) is 16.3. The lowest BCUT2D eigenvalue weighted by molar-refractivity contribution is 1.31. The molecule has 0 fully saturated rings. The molecule has 6 aromatic carbocycles. The van der Waals surface area contributed by atoms with Gasteiger partial charge in [0.2, 0.25) is 0 Å². The highest BCUT2D eigenvalue weighted by molar-refractivity contribution is 7.27. The summed E-state index contributed by atoms with van der Waals surface area (Å²) >= 11 is 5.48. The normalized spacial score (nSPS) is 11.8. The van der Waals surface area contributed by atoms with Gasteiger partial charge in [-0.1, -0.05) is 78.9 Å². The zero-order valence-electron chi connectivity index (χ0n) is 22.3. The second-order valence-electron chi connectivity index (χ2n) is 10.4. The summed E-state index contributed by atoms with van der Waals surface area (Å²) in [5, 5.41) is 6.20. The molecule has 3 aromatic heterocycles. The Kier molecular flexibility index (Phi) is 5.45. The fraction of sp³-hybridized carbons (Fsp3) is 0. The van der Waals surface area contributed by atoms with E-state index in [1.165, 1.54) is 56.3 Å². The van der Waals surface area contributed by atoms with Crippen LogP contribution in [0, 0.1) is 0 Å². The highest BCUT2D eigenvalue weighted by Gasteiger charge is 2.20. The molecular formula is C37H22N2S3. The molecular weight excluding hydrogens is 569 g/mol. The van der Waals surface area contributed by atoms with Crippen molar-refractivity contribution in [1.29, 1.82) is 0 Å². The van der Waals surface area contributed by atoms with Crippen LogP contribution in [0.4, 0.5) is 17.1 Å². The molecule has 3 heterocycles. The van der Waals surface area contributed by atoms with Crippen LogP contribution < -0.4 is 4.90 Å². The first-order chi connectivity index (χ1) is 20.8. The molecule has 0 aliphatic heterocycles. The first-order valence-electron chi connectivity index (χ1n) is 13.9. The van der Waals surface area contributed by atoms with E-state index in [1.807, 2.05) is 22.7 Å². The third-order valence-electron chi connectivity index (χ3n) is 7.89. The van der Waals surface area contributed by atoms with Crippen molar-refractivity contribution in [3.63, 3.8) is 0 Å². The maximum atomic E-state index is 5.16. The Balaban J connectivity index is 1.27. The van der Waals surface area contributed by atoms with Gasteiger partial charge in [-0.3, -0.25) is 0 Å². The van der Waals surface area contributed by atoms with Gasteiger partial charge in [-0.25, -0.2) is 4.98 Å². The average Bonchev–Trinajstić information content (AvgIpc) is 3.75. The van der Waals surface area contributed by atoms with Crippen molar-refractivity contribution in [2.24, 2.45) is 0 Å². The monoisotopic (exact) mass is 590 g/mol. The summed E-state index contributed by atoms with van der Waals surface area (Å²) in [4.78, 5) is 7.57. The molecule has 9 aromatic rings. The second kappa shape index (κ2) is 9.50. The molecule has 0 unspecified atom stereocenters. The standard InChI is InChI=1S/C37H22N2S3/c1-3-10-23(11-4-1)37-38-36-32(42-37)21-20-31-35(36)27-19-18-25(22-33(27)41-31)39(24-12-5-2-6-13-24)28-15-9-17-30-34(28)26-14-7-8-16-29(26)40-30/h1-22H. The first kappa shape index (κ1) is 24.1. The van der Waals surface area contributed by atoms with Gasteiger partial charge in [0.15, 0.2) is 0 Å². The topological polar surface area (TPSA) is 16.1 Å². The Morgan fingerprint density at radius 3 is 2.02 bits per heavy atom. The van der Waals surface area contributed by atoms with E-state index in [4.69, 9.17) is 4.98 Å². The highest BCUT2D eigenvalue weighted by Crippen LogP contribution is 2.47. The minimum absolute atomic E-state index is 1.07.